The van der Waals surface area contributed by atoms with Gasteiger partial charge in [0.15, 0.2) is 0 Å². The number of nitrogens with two attached hydrogens (primary N) is 1. The van der Waals surface area contributed by atoms with Gasteiger partial charge >= 0.3 is 5.97 Å². The lowest BCUT2D eigenvalue weighted by Crippen LogP contribution is -2.35. The zero-order valence-electron chi connectivity index (χ0n) is 10.2. The highest BCUT2D eigenvalue weighted by molar-refractivity contribution is 5.96. The summed E-state index contributed by atoms with van der Waals surface area (Å²) in [7, 11) is 0. The number of carbonyl (C=O) groups excluding carboxylic acids is 1. The van der Waals surface area contributed by atoms with Crippen molar-refractivity contribution in [3.8, 4) is 0 Å². The molecule has 0 aliphatic rings. The molecule has 0 unspecified atom stereocenters. The Morgan fingerprint density at radius 1 is 1.50 bits per heavy atom. The summed E-state index contributed by atoms with van der Waals surface area (Å²) in [6, 6.07) is 1.34. The Kier molecular flexibility index (Phi) is 4.47. The van der Waals surface area contributed by atoms with Crippen LogP contribution in [0.25, 0.3) is 0 Å². The van der Waals surface area contributed by atoms with Crippen molar-refractivity contribution in [1.82, 2.24) is 10.3 Å². The van der Waals surface area contributed by atoms with Crippen LogP contribution < -0.4 is 16.4 Å². The van der Waals surface area contributed by atoms with Crippen molar-refractivity contribution in [2.45, 2.75) is 19.9 Å². The van der Waals surface area contributed by atoms with Crippen molar-refractivity contribution in [2.24, 2.45) is 0 Å². The van der Waals surface area contributed by atoms with Gasteiger partial charge in [0.25, 0.3) is 0 Å². The second-order valence-electron chi connectivity index (χ2n) is 4.00. The number of hydrogen-bond acceptors (Lipinski definition) is 5. The summed E-state index contributed by atoms with van der Waals surface area (Å²) in [5, 5.41) is 14.3. The number of pyridine rings is 1. The normalized spacial score (nSPS) is 10.2. The van der Waals surface area contributed by atoms with Crippen LogP contribution in [0.1, 0.15) is 24.2 Å². The maximum atomic E-state index is 11.4. The van der Waals surface area contributed by atoms with Crippen molar-refractivity contribution >= 4 is 23.4 Å². The molecule has 5 N–H and O–H groups in total. The van der Waals surface area contributed by atoms with E-state index in [1.165, 1.54) is 12.3 Å². The first-order valence-electron chi connectivity index (χ1n) is 5.42. The van der Waals surface area contributed by atoms with E-state index in [4.69, 9.17) is 10.8 Å². The number of hydrogen-bond donors (Lipinski definition) is 4. The topological polar surface area (TPSA) is 117 Å². The third-order valence-electron chi connectivity index (χ3n) is 2.09. The molecule has 0 radical (unpaired) electrons. The zero-order valence-corrected chi connectivity index (χ0v) is 10.2. The van der Waals surface area contributed by atoms with Gasteiger partial charge in [-0.2, -0.15) is 0 Å². The van der Waals surface area contributed by atoms with Gasteiger partial charge in [-0.15, -0.1) is 0 Å². The number of aromatic carboxylic acids is 1. The van der Waals surface area contributed by atoms with Gasteiger partial charge in [-0.3, -0.25) is 4.79 Å². The molecule has 0 atom stereocenters. The predicted octanol–water partition coefficient (Wildman–Crippen LogP) is 0.299. The van der Waals surface area contributed by atoms with E-state index >= 15 is 0 Å². The molecule has 0 aliphatic heterocycles. The van der Waals surface area contributed by atoms with Crippen molar-refractivity contribution in [1.29, 1.82) is 0 Å². The summed E-state index contributed by atoms with van der Waals surface area (Å²) in [5.41, 5.74) is 5.61. The maximum Gasteiger partial charge on any atom is 0.337 e. The van der Waals surface area contributed by atoms with Gasteiger partial charge in [-0.25, -0.2) is 9.78 Å². The van der Waals surface area contributed by atoms with Crippen LogP contribution in [0.4, 0.5) is 11.5 Å². The molecule has 1 rings (SSSR count). The van der Waals surface area contributed by atoms with Crippen LogP contribution in [-0.4, -0.2) is 34.6 Å². The molecule has 0 aliphatic carbocycles. The largest absolute Gasteiger partial charge is 0.478 e. The molecule has 0 bridgehead atoms. The number of nitrogen functional groups attached to an aromatic ring is 1. The van der Waals surface area contributed by atoms with Crippen LogP contribution >= 0.6 is 0 Å². The van der Waals surface area contributed by atoms with E-state index in [1.54, 1.807) is 0 Å². The first-order chi connectivity index (χ1) is 8.41. The van der Waals surface area contributed by atoms with Gasteiger partial charge in [-0.05, 0) is 19.9 Å². The predicted molar refractivity (Wildman–Crippen MR) is 67.4 cm³/mol. The van der Waals surface area contributed by atoms with Gasteiger partial charge in [0, 0.05) is 12.2 Å². The molecule has 1 amide bonds. The van der Waals surface area contributed by atoms with Gasteiger partial charge in [0.05, 0.1) is 17.8 Å². The summed E-state index contributed by atoms with van der Waals surface area (Å²) in [6.45, 7) is 3.67. The second kappa shape index (κ2) is 5.85. The molecule has 0 fully saturated rings. The minimum absolute atomic E-state index is 0.0154. The lowest BCUT2D eigenvalue weighted by Gasteiger charge is -2.11. The van der Waals surface area contributed by atoms with Crippen molar-refractivity contribution in [3.63, 3.8) is 0 Å². The molecule has 7 nitrogen and oxygen atoms in total. The zero-order chi connectivity index (χ0) is 13.7. The number of nitrogens with zero attached hydrogens (tertiary/aromatic N) is 1. The highest BCUT2D eigenvalue weighted by Crippen LogP contribution is 2.19. The average Bonchev–Trinajstić information content (AvgIpc) is 2.26. The molecule has 1 aromatic rings. The maximum absolute atomic E-state index is 11.4. The van der Waals surface area contributed by atoms with Gasteiger partial charge in [0.2, 0.25) is 5.91 Å². The van der Waals surface area contributed by atoms with Crippen LogP contribution in [0.15, 0.2) is 12.3 Å². The molecular weight excluding hydrogens is 236 g/mol. The lowest BCUT2D eigenvalue weighted by atomic mass is 10.2. The Morgan fingerprint density at radius 3 is 2.72 bits per heavy atom. The third kappa shape index (κ3) is 3.62. The molecule has 1 heterocycles. The highest BCUT2D eigenvalue weighted by Gasteiger charge is 2.12. The highest BCUT2D eigenvalue weighted by atomic mass is 16.4. The van der Waals surface area contributed by atoms with E-state index < -0.39 is 5.97 Å². The van der Waals surface area contributed by atoms with E-state index in [9.17, 15) is 9.59 Å². The number of nitrogens with one attached hydrogen (secondary N) is 2. The monoisotopic (exact) mass is 252 g/mol. The number of anilines is 2. The Balaban J connectivity index is 2.71. The minimum atomic E-state index is -1.13. The molecule has 18 heavy (non-hydrogen) atoms. The van der Waals surface area contributed by atoms with Crippen LogP contribution in [0.3, 0.4) is 0 Å². The Morgan fingerprint density at radius 2 is 2.17 bits per heavy atom. The number of rotatable bonds is 5. The number of amides is 1. The molecule has 98 valence electrons. The van der Waals surface area contributed by atoms with Gasteiger partial charge < -0.3 is 21.5 Å². The molecular formula is C11H16N4O3. The number of carboxylic acids is 1. The quantitative estimate of drug-likeness (QED) is 0.598. The van der Waals surface area contributed by atoms with Gasteiger partial charge in [0.1, 0.15) is 5.82 Å². The summed E-state index contributed by atoms with van der Waals surface area (Å²) in [5.74, 6) is -1.16. The SMILES string of the molecule is CC(C)NC(=O)CNc1nccc(C(=O)O)c1N. The summed E-state index contributed by atoms with van der Waals surface area (Å²) in [4.78, 5) is 26.1. The smallest absolute Gasteiger partial charge is 0.337 e. The van der Waals surface area contributed by atoms with Crippen LogP contribution in [0.5, 0.6) is 0 Å². The van der Waals surface area contributed by atoms with E-state index in [0.29, 0.717) is 0 Å². The Labute approximate surface area is 104 Å². The average molecular weight is 252 g/mol. The number of aromatic nitrogens is 1. The molecule has 0 saturated carbocycles. The molecule has 0 saturated heterocycles. The second-order valence-corrected chi connectivity index (χ2v) is 4.00. The van der Waals surface area contributed by atoms with Crippen LogP contribution in [-0.2, 0) is 4.79 Å². The van der Waals surface area contributed by atoms with Gasteiger partial charge in [-0.1, -0.05) is 0 Å². The fraction of sp³-hybridized carbons (Fsp3) is 0.364. The summed E-state index contributed by atoms with van der Waals surface area (Å²) in [6.07, 6.45) is 1.32. The van der Waals surface area contributed by atoms with E-state index in [0.717, 1.165) is 0 Å². The standard InChI is InChI=1S/C11H16N4O3/c1-6(2)15-8(16)5-14-10-9(12)7(11(17)18)3-4-13-10/h3-4,6H,5,12H2,1-2H3,(H,13,14)(H,15,16)(H,17,18). The van der Waals surface area contributed by atoms with E-state index in [1.807, 2.05) is 13.8 Å². The van der Waals surface area contributed by atoms with Crippen molar-refractivity contribution in [2.75, 3.05) is 17.6 Å². The fourth-order valence-electron chi connectivity index (χ4n) is 1.34. The van der Waals surface area contributed by atoms with Crippen molar-refractivity contribution < 1.29 is 14.7 Å². The van der Waals surface area contributed by atoms with Crippen molar-refractivity contribution in [3.05, 3.63) is 17.8 Å². The third-order valence-corrected chi connectivity index (χ3v) is 2.09. The first kappa shape index (κ1) is 13.8. The van der Waals surface area contributed by atoms with E-state index in [-0.39, 0.29) is 35.6 Å². The fourth-order valence-corrected chi connectivity index (χ4v) is 1.34. The summed E-state index contributed by atoms with van der Waals surface area (Å²) >= 11 is 0. The Hall–Kier alpha value is -2.31. The summed E-state index contributed by atoms with van der Waals surface area (Å²) < 4.78 is 0. The van der Waals surface area contributed by atoms with E-state index in [2.05, 4.69) is 15.6 Å². The molecule has 1 aromatic heterocycles. The molecule has 0 aromatic carbocycles. The minimum Gasteiger partial charge on any atom is -0.478 e. The lowest BCUT2D eigenvalue weighted by molar-refractivity contribution is -0.119. The Bertz CT molecular complexity index is 460. The van der Waals surface area contributed by atoms with Crippen LogP contribution in [0.2, 0.25) is 0 Å². The molecule has 0 spiro atoms. The first-order valence-corrected chi connectivity index (χ1v) is 5.42. The molecule has 7 heteroatoms. The van der Waals surface area contributed by atoms with Crippen LogP contribution in [0, 0.1) is 0 Å². The number of carboxylic acid groups (broad SMARTS) is 1. The number of carbonyl (C=O) groups is 2.